The van der Waals surface area contributed by atoms with Gasteiger partial charge >= 0.3 is 11.9 Å². The maximum atomic E-state index is 13.4. The first-order valence-electron chi connectivity index (χ1n) is 10.4. The number of nitrogens with zero attached hydrogens (tertiary/aromatic N) is 1. The molecule has 33 heavy (non-hydrogen) atoms. The van der Waals surface area contributed by atoms with Crippen LogP contribution >= 0.6 is 23.4 Å². The fraction of sp³-hybridized carbons (Fsp3) is 0.348. The van der Waals surface area contributed by atoms with E-state index in [0.717, 1.165) is 10.6 Å². The lowest BCUT2D eigenvalue weighted by molar-refractivity contribution is -0.149. The molecule has 3 heterocycles. The van der Waals surface area contributed by atoms with E-state index < -0.39 is 29.0 Å². The van der Waals surface area contributed by atoms with Crippen LogP contribution < -0.4 is 5.43 Å². The zero-order valence-electron chi connectivity index (χ0n) is 18.5. The lowest BCUT2D eigenvalue weighted by Gasteiger charge is -2.38. The minimum atomic E-state index is -1.21. The Morgan fingerprint density at radius 3 is 2.55 bits per heavy atom. The van der Waals surface area contributed by atoms with Crippen LogP contribution in [0.1, 0.15) is 39.4 Å². The highest BCUT2D eigenvalue weighted by molar-refractivity contribution is 8.03. The molecule has 0 saturated heterocycles. The molecular weight excluding hydrogens is 470 g/mol. The van der Waals surface area contributed by atoms with Gasteiger partial charge < -0.3 is 23.5 Å². The third kappa shape index (κ3) is 4.05. The molecule has 174 valence electrons. The number of rotatable bonds is 5. The minimum absolute atomic E-state index is 0.0102. The second kappa shape index (κ2) is 9.24. The molecule has 8 nitrogen and oxygen atoms in total. The highest BCUT2D eigenvalue weighted by Gasteiger charge is 2.48. The molecule has 0 bridgehead atoms. The number of carbonyl (C=O) groups excluding carboxylic acids is 2. The lowest BCUT2D eigenvalue weighted by atomic mass is 9.97. The molecule has 0 fully saturated rings. The molecule has 2 atom stereocenters. The quantitative estimate of drug-likeness (QED) is 0.561. The monoisotopic (exact) mass is 491 g/mol. The van der Waals surface area contributed by atoms with Crippen LogP contribution in [-0.4, -0.2) is 35.6 Å². The number of fused-ring (bicyclic) bond motifs is 2. The molecule has 4 rings (SSSR count). The van der Waals surface area contributed by atoms with E-state index in [-0.39, 0.29) is 35.4 Å². The SMILES string of the molecule is CCOC(=O)C1=C(C(=O)OCC)N2C(C)=C(C)SC2OC1c1coc2ccc(Cl)cc2c1=O. The number of carbonyl (C=O) groups is 2. The Hall–Kier alpha value is -2.75. The largest absolute Gasteiger partial charge is 0.464 e. The fourth-order valence-electron chi connectivity index (χ4n) is 3.77. The van der Waals surface area contributed by atoms with Gasteiger partial charge in [-0.1, -0.05) is 23.4 Å². The normalized spacial score (nSPS) is 20.3. The molecule has 0 amide bonds. The Labute approximate surface area is 199 Å². The summed E-state index contributed by atoms with van der Waals surface area (Å²) in [6, 6.07) is 4.68. The van der Waals surface area contributed by atoms with Crippen molar-refractivity contribution < 1.29 is 28.2 Å². The highest BCUT2D eigenvalue weighted by Crippen LogP contribution is 2.49. The van der Waals surface area contributed by atoms with Gasteiger partial charge in [-0.15, -0.1) is 0 Å². The van der Waals surface area contributed by atoms with Crippen molar-refractivity contribution in [2.75, 3.05) is 13.2 Å². The van der Waals surface area contributed by atoms with Crippen LogP contribution in [0.25, 0.3) is 11.0 Å². The summed E-state index contributed by atoms with van der Waals surface area (Å²) in [5, 5.41) is 0.592. The summed E-state index contributed by atoms with van der Waals surface area (Å²) in [7, 11) is 0. The summed E-state index contributed by atoms with van der Waals surface area (Å²) in [6.07, 6.45) is 0.0312. The summed E-state index contributed by atoms with van der Waals surface area (Å²) >= 11 is 7.45. The predicted octanol–water partition coefficient (Wildman–Crippen LogP) is 4.48. The summed E-state index contributed by atoms with van der Waals surface area (Å²) in [5.74, 6) is -1.49. The number of hydrogen-bond acceptors (Lipinski definition) is 9. The molecule has 1 aromatic carbocycles. The summed E-state index contributed by atoms with van der Waals surface area (Å²) in [6.45, 7) is 7.20. The molecular formula is C23H22ClNO7S. The zero-order chi connectivity index (χ0) is 23.9. The van der Waals surface area contributed by atoms with Gasteiger partial charge in [0, 0.05) is 15.6 Å². The molecule has 1 aromatic heterocycles. The molecule has 0 aliphatic carbocycles. The molecule has 2 aromatic rings. The molecule has 0 spiro atoms. The molecule has 0 saturated carbocycles. The van der Waals surface area contributed by atoms with Gasteiger partial charge in [0.2, 0.25) is 0 Å². The van der Waals surface area contributed by atoms with Crippen molar-refractivity contribution in [2.45, 2.75) is 39.4 Å². The maximum Gasteiger partial charge on any atom is 0.355 e. The van der Waals surface area contributed by atoms with Gasteiger partial charge in [-0.2, -0.15) is 0 Å². The molecule has 0 radical (unpaired) electrons. The first-order chi connectivity index (χ1) is 15.8. The van der Waals surface area contributed by atoms with Crippen LogP contribution in [0, 0.1) is 0 Å². The summed E-state index contributed by atoms with van der Waals surface area (Å²) < 4.78 is 22.4. The Bertz CT molecular complexity index is 1270. The molecule has 2 aliphatic rings. The van der Waals surface area contributed by atoms with Gasteiger partial charge in [0.05, 0.1) is 24.2 Å². The smallest absolute Gasteiger partial charge is 0.355 e. The van der Waals surface area contributed by atoms with Crippen LogP contribution in [0.4, 0.5) is 0 Å². The topological polar surface area (TPSA) is 95.3 Å². The van der Waals surface area contributed by atoms with Gasteiger partial charge in [-0.25, -0.2) is 9.59 Å². The van der Waals surface area contributed by atoms with Gasteiger partial charge in [0.1, 0.15) is 29.2 Å². The summed E-state index contributed by atoms with van der Waals surface area (Å²) in [5.41, 5.74) is -0.100. The third-order valence-electron chi connectivity index (χ3n) is 5.38. The maximum absolute atomic E-state index is 13.4. The van der Waals surface area contributed by atoms with Crippen LogP contribution in [0.15, 0.2) is 55.5 Å². The second-order valence-electron chi connectivity index (χ2n) is 7.32. The average molecular weight is 492 g/mol. The number of halogens is 1. The van der Waals surface area contributed by atoms with Crippen molar-refractivity contribution >= 4 is 46.3 Å². The van der Waals surface area contributed by atoms with Gasteiger partial charge in [0.25, 0.3) is 0 Å². The van der Waals surface area contributed by atoms with Crippen LogP contribution in [-0.2, 0) is 23.8 Å². The standard InChI is InChI=1S/C23H22ClNO7S/c1-5-29-21(27)17-18(22(28)30-6-2)25-11(3)12(4)33-23(25)32-20(17)15-10-31-16-8-7-13(24)9-14(16)19(15)26/h7-10,20,23H,5-6H2,1-4H3. The number of ether oxygens (including phenoxy) is 3. The van der Waals surface area contributed by atoms with E-state index in [1.165, 1.54) is 24.1 Å². The summed E-state index contributed by atoms with van der Waals surface area (Å²) in [4.78, 5) is 42.2. The number of thioether (sulfide) groups is 1. The van der Waals surface area contributed by atoms with Crippen molar-refractivity contribution in [3.63, 3.8) is 0 Å². The van der Waals surface area contributed by atoms with E-state index in [4.69, 9.17) is 30.2 Å². The van der Waals surface area contributed by atoms with E-state index >= 15 is 0 Å². The van der Waals surface area contributed by atoms with Crippen molar-refractivity contribution in [3.05, 3.63) is 67.1 Å². The molecule has 2 aliphatic heterocycles. The van der Waals surface area contributed by atoms with Gasteiger partial charge in [0.15, 0.2) is 11.0 Å². The Balaban J connectivity index is 1.98. The van der Waals surface area contributed by atoms with Crippen LogP contribution in [0.3, 0.4) is 0 Å². The van der Waals surface area contributed by atoms with E-state index in [9.17, 15) is 14.4 Å². The highest BCUT2D eigenvalue weighted by atomic mass is 35.5. The number of hydrogen-bond donors (Lipinski definition) is 0. The van der Waals surface area contributed by atoms with E-state index in [0.29, 0.717) is 10.6 Å². The third-order valence-corrected chi connectivity index (χ3v) is 6.79. The number of benzene rings is 1. The Kier molecular flexibility index (Phi) is 6.56. The predicted molar refractivity (Wildman–Crippen MR) is 123 cm³/mol. The molecule has 10 heteroatoms. The van der Waals surface area contributed by atoms with Crippen molar-refractivity contribution in [1.29, 1.82) is 0 Å². The Morgan fingerprint density at radius 2 is 1.85 bits per heavy atom. The first kappa shape index (κ1) is 23.4. The van der Waals surface area contributed by atoms with Crippen LogP contribution in [0.5, 0.6) is 0 Å². The second-order valence-corrected chi connectivity index (χ2v) is 9.00. The lowest BCUT2D eigenvalue weighted by Crippen LogP contribution is -2.43. The molecule has 0 N–H and O–H groups in total. The van der Waals surface area contributed by atoms with Crippen molar-refractivity contribution in [1.82, 2.24) is 4.90 Å². The number of allylic oxidation sites excluding steroid dienone is 2. The first-order valence-corrected chi connectivity index (χ1v) is 11.6. The van der Waals surface area contributed by atoms with E-state index in [1.807, 2.05) is 13.8 Å². The van der Waals surface area contributed by atoms with Crippen molar-refractivity contribution in [2.24, 2.45) is 0 Å². The zero-order valence-corrected chi connectivity index (χ0v) is 20.0. The minimum Gasteiger partial charge on any atom is -0.464 e. The van der Waals surface area contributed by atoms with E-state index in [1.54, 1.807) is 30.9 Å². The number of esters is 2. The van der Waals surface area contributed by atoms with Crippen LogP contribution in [0.2, 0.25) is 5.02 Å². The Morgan fingerprint density at radius 1 is 1.15 bits per heavy atom. The van der Waals surface area contributed by atoms with E-state index in [2.05, 4.69) is 0 Å². The molecule has 2 unspecified atom stereocenters. The fourth-order valence-corrected chi connectivity index (χ4v) is 5.04. The van der Waals surface area contributed by atoms with Gasteiger partial charge in [-0.3, -0.25) is 4.79 Å². The van der Waals surface area contributed by atoms with Gasteiger partial charge in [-0.05, 0) is 45.9 Å². The average Bonchev–Trinajstić information content (AvgIpc) is 3.06. The van der Waals surface area contributed by atoms with Crippen molar-refractivity contribution in [3.8, 4) is 0 Å².